The highest BCUT2D eigenvalue weighted by molar-refractivity contribution is 5.91. The fourth-order valence-electron chi connectivity index (χ4n) is 3.15. The van der Waals surface area contributed by atoms with Crippen LogP contribution in [0.4, 0.5) is 8.78 Å². The molecule has 0 aliphatic carbocycles. The number of nitrogens with zero attached hydrogens (tertiary/aromatic N) is 1. The number of aromatic nitrogens is 1. The van der Waals surface area contributed by atoms with Gasteiger partial charge in [0, 0.05) is 17.9 Å². The first-order valence-corrected chi connectivity index (χ1v) is 8.00. The van der Waals surface area contributed by atoms with E-state index in [1.54, 1.807) is 0 Å². The number of piperidine rings is 1. The van der Waals surface area contributed by atoms with E-state index in [2.05, 4.69) is 10.3 Å². The highest BCUT2D eigenvalue weighted by atomic mass is 19.2. The largest absolute Gasteiger partial charge is 0.364 e. The van der Waals surface area contributed by atoms with E-state index in [1.807, 2.05) is 30.3 Å². The van der Waals surface area contributed by atoms with Crippen molar-refractivity contribution in [3.05, 3.63) is 64.5 Å². The lowest BCUT2D eigenvalue weighted by atomic mass is 9.88. The molecule has 3 N–H and O–H groups in total. The van der Waals surface area contributed by atoms with Gasteiger partial charge in [0.1, 0.15) is 0 Å². The zero-order valence-electron chi connectivity index (χ0n) is 13.2. The molecule has 0 atom stereocenters. The normalized spacial score (nSPS) is 15.4. The van der Waals surface area contributed by atoms with Gasteiger partial charge in [-0.25, -0.2) is 13.8 Å². The van der Waals surface area contributed by atoms with Crippen LogP contribution in [0, 0.1) is 11.6 Å². The number of primary amides is 1. The van der Waals surface area contributed by atoms with Crippen molar-refractivity contribution in [1.82, 2.24) is 10.3 Å². The molecule has 0 spiro atoms. The number of carbonyl (C=O) groups is 1. The molecule has 0 saturated carbocycles. The Morgan fingerprint density at radius 3 is 2.46 bits per heavy atom. The number of halogens is 2. The van der Waals surface area contributed by atoms with E-state index in [9.17, 15) is 13.6 Å². The van der Waals surface area contributed by atoms with Crippen molar-refractivity contribution in [2.24, 2.45) is 5.73 Å². The molecule has 1 fully saturated rings. The van der Waals surface area contributed by atoms with E-state index < -0.39 is 23.2 Å². The van der Waals surface area contributed by atoms with Gasteiger partial charge >= 0.3 is 0 Å². The molecule has 24 heavy (non-hydrogen) atoms. The van der Waals surface area contributed by atoms with Gasteiger partial charge in [-0.1, -0.05) is 30.3 Å². The average Bonchev–Trinajstić information content (AvgIpc) is 2.60. The van der Waals surface area contributed by atoms with Crippen molar-refractivity contribution in [1.29, 1.82) is 0 Å². The van der Waals surface area contributed by atoms with Gasteiger partial charge in [0.25, 0.3) is 5.91 Å². The maximum absolute atomic E-state index is 14.7. The van der Waals surface area contributed by atoms with Gasteiger partial charge in [0.15, 0.2) is 17.3 Å². The predicted octanol–water partition coefficient (Wildman–Crippen LogP) is 2.52. The lowest BCUT2D eigenvalue weighted by molar-refractivity contribution is 0.0989. The number of carbonyl (C=O) groups excluding carboxylic acids is 1. The van der Waals surface area contributed by atoms with Crippen molar-refractivity contribution < 1.29 is 13.6 Å². The molecular formula is C18H19F2N3O. The zero-order chi connectivity index (χ0) is 17.1. The summed E-state index contributed by atoms with van der Waals surface area (Å²) < 4.78 is 28.9. The molecule has 0 unspecified atom stereocenters. The molecule has 6 heteroatoms. The molecule has 1 aliphatic heterocycles. The van der Waals surface area contributed by atoms with Crippen LogP contribution in [0.1, 0.15) is 46.1 Å². The van der Waals surface area contributed by atoms with Crippen LogP contribution in [0.3, 0.4) is 0 Å². The summed E-state index contributed by atoms with van der Waals surface area (Å²) in [7, 11) is 0. The Morgan fingerprint density at radius 2 is 1.83 bits per heavy atom. The van der Waals surface area contributed by atoms with Gasteiger partial charge in [-0.2, -0.15) is 0 Å². The van der Waals surface area contributed by atoms with Gasteiger partial charge in [-0.3, -0.25) is 4.79 Å². The second-order valence-corrected chi connectivity index (χ2v) is 6.00. The Hall–Kier alpha value is -2.34. The average molecular weight is 331 g/mol. The van der Waals surface area contributed by atoms with Crippen molar-refractivity contribution in [3.63, 3.8) is 0 Å². The molecular weight excluding hydrogens is 312 g/mol. The monoisotopic (exact) mass is 331 g/mol. The van der Waals surface area contributed by atoms with Gasteiger partial charge in [-0.05, 0) is 31.5 Å². The second-order valence-electron chi connectivity index (χ2n) is 6.00. The van der Waals surface area contributed by atoms with Crippen LogP contribution in [0.15, 0.2) is 30.3 Å². The third-order valence-electron chi connectivity index (χ3n) is 4.39. The number of hydrogen-bond acceptors (Lipinski definition) is 3. The van der Waals surface area contributed by atoms with Crippen LogP contribution in [-0.2, 0) is 6.42 Å². The fraction of sp³-hybridized carbons (Fsp3) is 0.333. The number of nitrogens with one attached hydrogen (secondary N) is 1. The van der Waals surface area contributed by atoms with Crippen LogP contribution in [0.2, 0.25) is 0 Å². The van der Waals surface area contributed by atoms with E-state index in [0.29, 0.717) is 5.69 Å². The number of hydrogen-bond donors (Lipinski definition) is 2. The summed E-state index contributed by atoms with van der Waals surface area (Å²) in [6.45, 7) is 1.56. The summed E-state index contributed by atoms with van der Waals surface area (Å²) in [6.07, 6.45) is 1.75. The van der Waals surface area contributed by atoms with E-state index in [4.69, 9.17) is 5.73 Å². The molecule has 1 aromatic carbocycles. The minimum absolute atomic E-state index is 0.0156. The molecule has 2 aromatic rings. The highest BCUT2D eigenvalue weighted by Gasteiger charge is 2.28. The SMILES string of the molecule is NC(=O)c1nc(C2CCNCC2)c(Cc2ccccc2)c(F)c1F. The molecule has 0 bridgehead atoms. The maximum atomic E-state index is 14.7. The summed E-state index contributed by atoms with van der Waals surface area (Å²) >= 11 is 0. The van der Waals surface area contributed by atoms with Crippen LogP contribution >= 0.6 is 0 Å². The van der Waals surface area contributed by atoms with E-state index >= 15 is 0 Å². The highest BCUT2D eigenvalue weighted by Crippen LogP contribution is 2.31. The summed E-state index contributed by atoms with van der Waals surface area (Å²) in [5.74, 6) is -3.34. The fourth-order valence-corrected chi connectivity index (χ4v) is 3.15. The Labute approximate surface area is 139 Å². The molecule has 4 nitrogen and oxygen atoms in total. The number of pyridine rings is 1. The third-order valence-corrected chi connectivity index (χ3v) is 4.39. The first kappa shape index (κ1) is 16.5. The lowest BCUT2D eigenvalue weighted by Gasteiger charge is -2.25. The quantitative estimate of drug-likeness (QED) is 0.904. The van der Waals surface area contributed by atoms with Gasteiger partial charge in [-0.15, -0.1) is 0 Å². The van der Waals surface area contributed by atoms with Crippen molar-refractivity contribution >= 4 is 5.91 Å². The molecule has 1 saturated heterocycles. The Morgan fingerprint density at radius 1 is 1.17 bits per heavy atom. The van der Waals surface area contributed by atoms with Crippen molar-refractivity contribution in [2.45, 2.75) is 25.2 Å². The van der Waals surface area contributed by atoms with Crippen LogP contribution in [0.5, 0.6) is 0 Å². The summed E-state index contributed by atoms with van der Waals surface area (Å²) in [5.41, 5.74) is 6.08. The van der Waals surface area contributed by atoms with E-state index in [-0.39, 0.29) is 17.9 Å². The number of benzene rings is 1. The summed E-state index contributed by atoms with van der Waals surface area (Å²) in [5, 5.41) is 3.23. The molecule has 1 aromatic heterocycles. The Kier molecular flexibility index (Phi) is 4.85. The summed E-state index contributed by atoms with van der Waals surface area (Å²) in [4.78, 5) is 15.6. The lowest BCUT2D eigenvalue weighted by Crippen LogP contribution is -2.29. The second kappa shape index (κ2) is 7.05. The van der Waals surface area contributed by atoms with Crippen LogP contribution in [0.25, 0.3) is 0 Å². The molecule has 0 radical (unpaired) electrons. The van der Waals surface area contributed by atoms with Gasteiger partial charge in [0.05, 0.1) is 5.69 Å². The summed E-state index contributed by atoms with van der Waals surface area (Å²) in [6, 6.07) is 9.26. The topological polar surface area (TPSA) is 68.0 Å². The molecule has 1 aliphatic rings. The zero-order valence-corrected chi connectivity index (χ0v) is 13.2. The van der Waals surface area contributed by atoms with Gasteiger partial charge < -0.3 is 11.1 Å². The predicted molar refractivity (Wildman–Crippen MR) is 86.8 cm³/mol. The van der Waals surface area contributed by atoms with Crippen LogP contribution in [-0.4, -0.2) is 24.0 Å². The van der Waals surface area contributed by atoms with Crippen molar-refractivity contribution in [2.75, 3.05) is 13.1 Å². The standard InChI is InChI=1S/C18H19F2N3O/c19-14-13(10-11-4-2-1-3-5-11)16(12-6-8-22-9-7-12)23-17(15(14)20)18(21)24/h1-5,12,22H,6-10H2,(H2,21,24). The molecule has 3 rings (SSSR count). The molecule has 126 valence electrons. The number of rotatable bonds is 4. The Balaban J connectivity index is 2.10. The minimum atomic E-state index is -1.26. The first-order valence-electron chi connectivity index (χ1n) is 8.00. The molecule has 1 amide bonds. The number of nitrogens with two attached hydrogens (primary N) is 1. The number of amides is 1. The maximum Gasteiger partial charge on any atom is 0.270 e. The third kappa shape index (κ3) is 3.28. The van der Waals surface area contributed by atoms with E-state index in [0.717, 1.165) is 31.5 Å². The van der Waals surface area contributed by atoms with Crippen LogP contribution < -0.4 is 11.1 Å². The molecule has 2 heterocycles. The first-order chi connectivity index (χ1) is 11.6. The smallest absolute Gasteiger partial charge is 0.270 e. The van der Waals surface area contributed by atoms with Gasteiger partial charge in [0.2, 0.25) is 0 Å². The van der Waals surface area contributed by atoms with Crippen molar-refractivity contribution in [3.8, 4) is 0 Å². The van der Waals surface area contributed by atoms with E-state index in [1.165, 1.54) is 0 Å². The minimum Gasteiger partial charge on any atom is -0.364 e. The Bertz CT molecular complexity index is 744.